The van der Waals surface area contributed by atoms with Gasteiger partial charge in [0.15, 0.2) is 5.78 Å². The van der Waals surface area contributed by atoms with Crippen LogP contribution in [0.3, 0.4) is 0 Å². The fraction of sp³-hybridized carbons (Fsp3) is 0.929. The number of ether oxygens (including phenoxy) is 1. The highest BCUT2D eigenvalue weighted by Crippen LogP contribution is 2.36. The monoisotopic (exact) mass is 226 g/mol. The number of hydrogen-bond acceptors (Lipinski definition) is 2. The molecular formula is C14H26O2. The molecule has 0 bridgehead atoms. The molecule has 0 aromatic rings. The van der Waals surface area contributed by atoms with Gasteiger partial charge in [0.25, 0.3) is 0 Å². The van der Waals surface area contributed by atoms with Gasteiger partial charge in [-0.1, -0.05) is 20.8 Å². The SMILES string of the molecule is CCOC1(C(=O)CC(C)C)CCC(C)CC1. The summed E-state index contributed by atoms with van der Waals surface area (Å²) in [6, 6.07) is 0. The molecule has 0 aromatic heterocycles. The summed E-state index contributed by atoms with van der Waals surface area (Å²) in [5.41, 5.74) is -0.439. The predicted molar refractivity (Wildman–Crippen MR) is 66.5 cm³/mol. The second-order valence-electron chi connectivity index (χ2n) is 5.63. The number of ketones is 1. The van der Waals surface area contributed by atoms with Crippen molar-refractivity contribution in [2.24, 2.45) is 11.8 Å². The van der Waals surface area contributed by atoms with Gasteiger partial charge in [0.05, 0.1) is 0 Å². The highest BCUT2D eigenvalue weighted by atomic mass is 16.5. The van der Waals surface area contributed by atoms with E-state index in [2.05, 4.69) is 20.8 Å². The number of rotatable bonds is 5. The number of Topliss-reactive ketones (excluding diaryl/α,β-unsaturated/α-hetero) is 1. The van der Waals surface area contributed by atoms with E-state index >= 15 is 0 Å². The topological polar surface area (TPSA) is 26.3 Å². The second-order valence-corrected chi connectivity index (χ2v) is 5.63. The molecule has 1 fully saturated rings. The van der Waals surface area contributed by atoms with Crippen molar-refractivity contribution in [1.82, 2.24) is 0 Å². The van der Waals surface area contributed by atoms with E-state index in [-0.39, 0.29) is 0 Å². The minimum absolute atomic E-state index is 0.330. The van der Waals surface area contributed by atoms with Crippen LogP contribution >= 0.6 is 0 Å². The summed E-state index contributed by atoms with van der Waals surface area (Å²) in [6.45, 7) is 9.11. The van der Waals surface area contributed by atoms with Gasteiger partial charge in [0, 0.05) is 13.0 Å². The highest BCUT2D eigenvalue weighted by Gasteiger charge is 2.41. The highest BCUT2D eigenvalue weighted by molar-refractivity contribution is 5.87. The molecule has 0 radical (unpaired) electrons. The van der Waals surface area contributed by atoms with Crippen molar-refractivity contribution in [3.8, 4) is 0 Å². The molecule has 0 atom stereocenters. The zero-order valence-corrected chi connectivity index (χ0v) is 11.2. The molecule has 1 rings (SSSR count). The van der Waals surface area contributed by atoms with E-state index in [1.165, 1.54) is 0 Å². The van der Waals surface area contributed by atoms with Gasteiger partial charge in [-0.15, -0.1) is 0 Å². The lowest BCUT2D eigenvalue weighted by atomic mass is 9.75. The van der Waals surface area contributed by atoms with Crippen LogP contribution in [0.25, 0.3) is 0 Å². The van der Waals surface area contributed by atoms with Crippen LogP contribution in [0.15, 0.2) is 0 Å². The summed E-state index contributed by atoms with van der Waals surface area (Å²) in [6.07, 6.45) is 4.77. The van der Waals surface area contributed by atoms with Gasteiger partial charge in [0.2, 0.25) is 0 Å². The van der Waals surface area contributed by atoms with Crippen LogP contribution < -0.4 is 0 Å². The molecule has 0 heterocycles. The molecule has 0 saturated heterocycles. The van der Waals surface area contributed by atoms with Crippen LogP contribution in [-0.4, -0.2) is 18.0 Å². The Labute approximate surface area is 99.8 Å². The van der Waals surface area contributed by atoms with Crippen molar-refractivity contribution in [1.29, 1.82) is 0 Å². The van der Waals surface area contributed by atoms with Crippen molar-refractivity contribution in [3.05, 3.63) is 0 Å². The van der Waals surface area contributed by atoms with Gasteiger partial charge < -0.3 is 4.74 Å². The van der Waals surface area contributed by atoms with Gasteiger partial charge in [-0.25, -0.2) is 0 Å². The lowest BCUT2D eigenvalue weighted by Gasteiger charge is -2.38. The third-order valence-corrected chi connectivity index (χ3v) is 3.60. The number of hydrogen-bond donors (Lipinski definition) is 0. The van der Waals surface area contributed by atoms with Crippen LogP contribution in [0.4, 0.5) is 0 Å². The first kappa shape index (κ1) is 13.7. The van der Waals surface area contributed by atoms with Crippen molar-refractivity contribution >= 4 is 5.78 Å². The normalized spacial score (nSPS) is 30.7. The Hall–Kier alpha value is -0.370. The molecule has 94 valence electrons. The van der Waals surface area contributed by atoms with Gasteiger partial charge >= 0.3 is 0 Å². The summed E-state index contributed by atoms with van der Waals surface area (Å²) >= 11 is 0. The number of carbonyl (C=O) groups excluding carboxylic acids is 1. The maximum absolute atomic E-state index is 12.3. The third-order valence-electron chi connectivity index (χ3n) is 3.60. The predicted octanol–water partition coefficient (Wildman–Crippen LogP) is 3.59. The van der Waals surface area contributed by atoms with E-state index < -0.39 is 5.60 Å². The largest absolute Gasteiger partial charge is 0.368 e. The first-order valence-corrected chi connectivity index (χ1v) is 6.67. The van der Waals surface area contributed by atoms with E-state index in [0.29, 0.717) is 24.7 Å². The van der Waals surface area contributed by atoms with Gasteiger partial charge in [-0.05, 0) is 44.4 Å². The maximum Gasteiger partial charge on any atom is 0.164 e. The van der Waals surface area contributed by atoms with Crippen LogP contribution in [0.2, 0.25) is 0 Å². The molecule has 16 heavy (non-hydrogen) atoms. The molecule has 0 N–H and O–H groups in total. The summed E-state index contributed by atoms with van der Waals surface area (Å²) < 4.78 is 5.83. The van der Waals surface area contributed by atoms with Crippen molar-refractivity contribution in [2.75, 3.05) is 6.61 Å². The first-order chi connectivity index (χ1) is 7.50. The van der Waals surface area contributed by atoms with E-state index in [4.69, 9.17) is 4.74 Å². The summed E-state index contributed by atoms with van der Waals surface area (Å²) in [5, 5.41) is 0. The molecule has 0 amide bonds. The molecule has 1 aliphatic carbocycles. The molecule has 2 heteroatoms. The Morgan fingerprint density at radius 3 is 2.38 bits per heavy atom. The fourth-order valence-electron chi connectivity index (χ4n) is 2.57. The van der Waals surface area contributed by atoms with Crippen LogP contribution in [0.1, 0.15) is 59.8 Å². The molecule has 0 unspecified atom stereocenters. The van der Waals surface area contributed by atoms with E-state index in [1.807, 2.05) is 6.92 Å². The van der Waals surface area contributed by atoms with Crippen molar-refractivity contribution < 1.29 is 9.53 Å². The first-order valence-electron chi connectivity index (χ1n) is 6.67. The Balaban J connectivity index is 2.68. The molecule has 1 saturated carbocycles. The van der Waals surface area contributed by atoms with Gasteiger partial charge in [-0.2, -0.15) is 0 Å². The Morgan fingerprint density at radius 1 is 1.38 bits per heavy atom. The van der Waals surface area contributed by atoms with Crippen molar-refractivity contribution in [3.63, 3.8) is 0 Å². The Morgan fingerprint density at radius 2 is 1.94 bits per heavy atom. The van der Waals surface area contributed by atoms with E-state index in [9.17, 15) is 4.79 Å². The van der Waals surface area contributed by atoms with Crippen LogP contribution in [0.5, 0.6) is 0 Å². The molecule has 0 aliphatic heterocycles. The zero-order chi connectivity index (χ0) is 12.2. The summed E-state index contributed by atoms with van der Waals surface area (Å²) in [5.74, 6) is 1.51. The average molecular weight is 226 g/mol. The molecule has 0 spiro atoms. The van der Waals surface area contributed by atoms with Gasteiger partial charge in [0.1, 0.15) is 5.60 Å². The van der Waals surface area contributed by atoms with Crippen LogP contribution in [-0.2, 0) is 9.53 Å². The molecule has 2 nitrogen and oxygen atoms in total. The van der Waals surface area contributed by atoms with Crippen molar-refractivity contribution in [2.45, 2.75) is 65.4 Å². The molecule has 1 aliphatic rings. The minimum Gasteiger partial charge on any atom is -0.368 e. The minimum atomic E-state index is -0.439. The standard InChI is InChI=1S/C14H26O2/c1-5-16-14(13(15)10-11(2)3)8-6-12(4)7-9-14/h11-12H,5-10H2,1-4H3. The Kier molecular flexibility index (Phi) is 4.97. The van der Waals surface area contributed by atoms with E-state index in [1.54, 1.807) is 0 Å². The lowest BCUT2D eigenvalue weighted by Crippen LogP contribution is -2.45. The Bertz CT molecular complexity index is 225. The average Bonchev–Trinajstić information content (AvgIpc) is 2.21. The fourth-order valence-corrected chi connectivity index (χ4v) is 2.57. The van der Waals surface area contributed by atoms with Gasteiger partial charge in [-0.3, -0.25) is 4.79 Å². The molecule has 0 aromatic carbocycles. The second kappa shape index (κ2) is 5.81. The van der Waals surface area contributed by atoms with Crippen LogP contribution in [0, 0.1) is 11.8 Å². The summed E-state index contributed by atoms with van der Waals surface area (Å²) in [7, 11) is 0. The van der Waals surface area contributed by atoms with E-state index in [0.717, 1.165) is 31.6 Å². The zero-order valence-electron chi connectivity index (χ0n) is 11.2. The quantitative estimate of drug-likeness (QED) is 0.716. The summed E-state index contributed by atoms with van der Waals surface area (Å²) in [4.78, 5) is 12.3. The third kappa shape index (κ3) is 3.31. The number of carbonyl (C=O) groups is 1. The lowest BCUT2D eigenvalue weighted by molar-refractivity contribution is -0.151. The maximum atomic E-state index is 12.3. The smallest absolute Gasteiger partial charge is 0.164 e. The molecular weight excluding hydrogens is 200 g/mol.